The van der Waals surface area contributed by atoms with Crippen molar-refractivity contribution in [3.05, 3.63) is 52.3 Å². The zero-order valence-electron chi connectivity index (χ0n) is 11.2. The van der Waals surface area contributed by atoms with Crippen LogP contribution in [0.1, 0.15) is 17.2 Å². The molecular formula is C14H17BrN4O. The predicted octanol–water partition coefficient (Wildman–Crippen LogP) is 1.77. The highest BCUT2D eigenvalue weighted by molar-refractivity contribution is 9.10. The number of rotatable bonds is 6. The van der Waals surface area contributed by atoms with Crippen molar-refractivity contribution in [2.45, 2.75) is 19.5 Å². The Bertz CT molecular complexity index is 579. The summed E-state index contributed by atoms with van der Waals surface area (Å²) in [6, 6.07) is 7.06. The number of nitrogens with one attached hydrogen (secondary N) is 1. The fraction of sp³-hybridized carbons (Fsp3) is 0.286. The molecule has 0 unspecified atom stereocenters. The number of hydrogen-bond acceptors (Lipinski definition) is 3. The van der Waals surface area contributed by atoms with E-state index in [4.69, 9.17) is 5.73 Å². The molecule has 6 heteroatoms. The summed E-state index contributed by atoms with van der Waals surface area (Å²) >= 11 is 3.37. The molecule has 1 aromatic heterocycles. The second-order valence-electron chi connectivity index (χ2n) is 4.62. The SMILES string of the molecule is Cc1cnn(CCN[C@@H](C(N)=O)c2ccc(Br)cc2)c1. The molecule has 1 amide bonds. The molecule has 1 heterocycles. The highest BCUT2D eigenvalue weighted by Gasteiger charge is 2.16. The molecule has 0 aliphatic carbocycles. The van der Waals surface area contributed by atoms with Gasteiger partial charge >= 0.3 is 0 Å². The van der Waals surface area contributed by atoms with E-state index in [2.05, 4.69) is 26.3 Å². The Balaban J connectivity index is 1.96. The Kier molecular flexibility index (Phi) is 4.92. The monoisotopic (exact) mass is 336 g/mol. The van der Waals surface area contributed by atoms with Crippen LogP contribution in [0.3, 0.4) is 0 Å². The number of primary amides is 1. The van der Waals surface area contributed by atoms with E-state index in [1.165, 1.54) is 0 Å². The maximum Gasteiger partial charge on any atom is 0.239 e. The maximum absolute atomic E-state index is 11.6. The lowest BCUT2D eigenvalue weighted by Gasteiger charge is -2.16. The van der Waals surface area contributed by atoms with Gasteiger partial charge in [0.15, 0.2) is 0 Å². The molecule has 0 bridgehead atoms. The van der Waals surface area contributed by atoms with E-state index in [-0.39, 0.29) is 5.91 Å². The lowest BCUT2D eigenvalue weighted by Crippen LogP contribution is -2.35. The smallest absolute Gasteiger partial charge is 0.239 e. The first-order chi connectivity index (χ1) is 9.56. The second-order valence-corrected chi connectivity index (χ2v) is 5.54. The molecule has 0 saturated heterocycles. The summed E-state index contributed by atoms with van der Waals surface area (Å²) in [5, 5.41) is 7.36. The molecule has 3 N–H and O–H groups in total. The Morgan fingerprint density at radius 1 is 1.45 bits per heavy atom. The minimum atomic E-state index is -0.486. The van der Waals surface area contributed by atoms with Crippen molar-refractivity contribution in [1.29, 1.82) is 0 Å². The summed E-state index contributed by atoms with van der Waals surface area (Å²) in [5.74, 6) is -0.385. The third kappa shape index (κ3) is 3.91. The number of carbonyl (C=O) groups excluding carboxylic acids is 1. The van der Waals surface area contributed by atoms with Gasteiger partial charge in [-0.2, -0.15) is 5.10 Å². The average Bonchev–Trinajstić information content (AvgIpc) is 2.81. The Morgan fingerprint density at radius 3 is 2.70 bits per heavy atom. The first kappa shape index (κ1) is 14.7. The zero-order chi connectivity index (χ0) is 14.5. The van der Waals surface area contributed by atoms with Crippen molar-refractivity contribution >= 4 is 21.8 Å². The molecule has 106 valence electrons. The topological polar surface area (TPSA) is 72.9 Å². The fourth-order valence-electron chi connectivity index (χ4n) is 1.95. The molecule has 20 heavy (non-hydrogen) atoms. The third-order valence-electron chi connectivity index (χ3n) is 2.94. The van der Waals surface area contributed by atoms with Crippen molar-refractivity contribution in [3.8, 4) is 0 Å². The molecule has 0 spiro atoms. The average molecular weight is 337 g/mol. The highest BCUT2D eigenvalue weighted by atomic mass is 79.9. The van der Waals surface area contributed by atoms with E-state index in [0.29, 0.717) is 13.1 Å². The number of aryl methyl sites for hydroxylation is 1. The van der Waals surface area contributed by atoms with Crippen LogP contribution in [-0.4, -0.2) is 22.2 Å². The van der Waals surface area contributed by atoms with Gasteiger partial charge in [-0.25, -0.2) is 0 Å². The molecule has 0 fully saturated rings. The van der Waals surface area contributed by atoms with Crippen LogP contribution in [0.25, 0.3) is 0 Å². The predicted molar refractivity (Wildman–Crippen MR) is 81.0 cm³/mol. The van der Waals surface area contributed by atoms with Crippen LogP contribution in [0.15, 0.2) is 41.1 Å². The summed E-state index contributed by atoms with van der Waals surface area (Å²) < 4.78 is 2.80. The number of aromatic nitrogens is 2. The summed E-state index contributed by atoms with van der Waals surface area (Å²) in [4.78, 5) is 11.6. The van der Waals surface area contributed by atoms with Crippen LogP contribution in [-0.2, 0) is 11.3 Å². The van der Waals surface area contributed by atoms with Crippen molar-refractivity contribution in [1.82, 2.24) is 15.1 Å². The van der Waals surface area contributed by atoms with Crippen LogP contribution >= 0.6 is 15.9 Å². The van der Waals surface area contributed by atoms with Crippen LogP contribution in [0.5, 0.6) is 0 Å². The van der Waals surface area contributed by atoms with Gasteiger partial charge < -0.3 is 11.1 Å². The molecule has 0 radical (unpaired) electrons. The molecule has 0 aliphatic heterocycles. The minimum absolute atomic E-state index is 0.385. The van der Waals surface area contributed by atoms with Gasteiger partial charge in [0.2, 0.25) is 5.91 Å². The Morgan fingerprint density at radius 2 is 2.15 bits per heavy atom. The molecule has 1 aromatic carbocycles. The lowest BCUT2D eigenvalue weighted by molar-refractivity contribution is -0.120. The quantitative estimate of drug-likeness (QED) is 0.844. The van der Waals surface area contributed by atoms with Crippen molar-refractivity contribution in [3.63, 3.8) is 0 Å². The molecule has 0 aliphatic rings. The van der Waals surface area contributed by atoms with Crippen molar-refractivity contribution in [2.75, 3.05) is 6.54 Å². The lowest BCUT2D eigenvalue weighted by atomic mass is 10.1. The van der Waals surface area contributed by atoms with Crippen LogP contribution in [0, 0.1) is 6.92 Å². The van der Waals surface area contributed by atoms with Gasteiger partial charge in [-0.15, -0.1) is 0 Å². The molecule has 2 aromatic rings. The Labute approximate surface area is 126 Å². The standard InChI is InChI=1S/C14H17BrN4O/c1-10-8-18-19(9-10)7-6-17-13(14(16)20)11-2-4-12(15)5-3-11/h2-5,8-9,13,17H,6-7H2,1H3,(H2,16,20)/t13-/m1/s1. The zero-order valence-corrected chi connectivity index (χ0v) is 12.8. The number of nitrogens with zero attached hydrogens (tertiary/aromatic N) is 2. The van der Waals surface area contributed by atoms with Crippen LogP contribution < -0.4 is 11.1 Å². The summed E-state index contributed by atoms with van der Waals surface area (Å²) in [5.41, 5.74) is 7.43. The van der Waals surface area contributed by atoms with Crippen molar-refractivity contribution < 1.29 is 4.79 Å². The second kappa shape index (κ2) is 6.67. The summed E-state index contributed by atoms with van der Waals surface area (Å²) in [7, 11) is 0. The van der Waals surface area contributed by atoms with Gasteiger partial charge in [0.1, 0.15) is 6.04 Å². The van der Waals surface area contributed by atoms with Gasteiger partial charge in [0.25, 0.3) is 0 Å². The number of hydrogen-bond donors (Lipinski definition) is 2. The first-order valence-corrected chi connectivity index (χ1v) is 7.13. The van der Waals surface area contributed by atoms with E-state index in [9.17, 15) is 4.79 Å². The van der Waals surface area contributed by atoms with Crippen LogP contribution in [0.2, 0.25) is 0 Å². The highest BCUT2D eigenvalue weighted by Crippen LogP contribution is 2.16. The normalized spacial score (nSPS) is 12.3. The number of benzene rings is 1. The Hall–Kier alpha value is -1.66. The minimum Gasteiger partial charge on any atom is -0.368 e. The maximum atomic E-state index is 11.6. The summed E-state index contributed by atoms with van der Waals surface area (Å²) in [6.07, 6.45) is 3.76. The van der Waals surface area contributed by atoms with Gasteiger partial charge in [0.05, 0.1) is 12.7 Å². The van der Waals surface area contributed by atoms with E-state index in [1.807, 2.05) is 42.1 Å². The number of carbonyl (C=O) groups is 1. The van der Waals surface area contributed by atoms with Gasteiger partial charge in [-0.05, 0) is 30.2 Å². The molecule has 0 saturated carbocycles. The van der Waals surface area contributed by atoms with Gasteiger partial charge in [0, 0.05) is 17.2 Å². The van der Waals surface area contributed by atoms with Gasteiger partial charge in [-0.3, -0.25) is 9.48 Å². The van der Waals surface area contributed by atoms with E-state index >= 15 is 0 Å². The van der Waals surface area contributed by atoms with E-state index < -0.39 is 6.04 Å². The molecule has 2 rings (SSSR count). The largest absolute Gasteiger partial charge is 0.368 e. The third-order valence-corrected chi connectivity index (χ3v) is 3.47. The van der Waals surface area contributed by atoms with E-state index in [0.717, 1.165) is 15.6 Å². The fourth-order valence-corrected chi connectivity index (χ4v) is 2.21. The number of nitrogens with two attached hydrogens (primary N) is 1. The molecule has 5 nitrogen and oxygen atoms in total. The van der Waals surface area contributed by atoms with E-state index in [1.54, 1.807) is 6.20 Å². The van der Waals surface area contributed by atoms with Crippen molar-refractivity contribution in [2.24, 2.45) is 5.73 Å². The van der Waals surface area contributed by atoms with Crippen LogP contribution in [0.4, 0.5) is 0 Å². The molecular weight excluding hydrogens is 320 g/mol. The first-order valence-electron chi connectivity index (χ1n) is 6.33. The van der Waals surface area contributed by atoms with Gasteiger partial charge in [-0.1, -0.05) is 28.1 Å². The number of amides is 1. The molecule has 1 atom stereocenters. The number of halogens is 1. The summed E-state index contributed by atoms with van der Waals surface area (Å²) in [6.45, 7) is 3.30.